The van der Waals surface area contributed by atoms with Crippen molar-refractivity contribution < 1.29 is 14.6 Å². The number of carbonyl (C=O) groups is 1. The first kappa shape index (κ1) is 16.0. The van der Waals surface area contributed by atoms with Gasteiger partial charge in [-0.25, -0.2) is 4.79 Å². The van der Waals surface area contributed by atoms with E-state index in [1.54, 1.807) is 0 Å². The summed E-state index contributed by atoms with van der Waals surface area (Å²) in [6.07, 6.45) is 5.32. The van der Waals surface area contributed by atoms with Crippen LogP contribution < -0.4 is 5.32 Å². The summed E-state index contributed by atoms with van der Waals surface area (Å²) in [6, 6.07) is -0.0950. The molecule has 0 fully saturated rings. The molecule has 0 aromatic heterocycles. The van der Waals surface area contributed by atoms with Crippen molar-refractivity contribution in [3.05, 3.63) is 12.2 Å². The molecule has 0 radical (unpaired) electrons. The summed E-state index contributed by atoms with van der Waals surface area (Å²) in [7, 11) is 0. The fraction of sp³-hybridized carbons (Fsp3) is 0.800. The third kappa shape index (κ3) is 4.23. The molecule has 1 unspecified atom stereocenters. The van der Waals surface area contributed by atoms with Crippen molar-refractivity contribution in [1.82, 2.24) is 5.32 Å². The van der Waals surface area contributed by atoms with Gasteiger partial charge in [0.15, 0.2) is 0 Å². The average Bonchev–Trinajstić information content (AvgIpc) is 2.72. The number of aliphatic hydroxyl groups excluding tert-OH is 1. The first-order valence-corrected chi connectivity index (χ1v) is 6.95. The zero-order chi connectivity index (χ0) is 14.7. The fourth-order valence-electron chi connectivity index (χ4n) is 2.66. The summed E-state index contributed by atoms with van der Waals surface area (Å²) in [4.78, 5) is 12.0. The Bertz CT molecular complexity index is 334. The van der Waals surface area contributed by atoms with Gasteiger partial charge in [-0.2, -0.15) is 0 Å². The Morgan fingerprint density at radius 3 is 2.26 bits per heavy atom. The Morgan fingerprint density at radius 1 is 1.37 bits per heavy atom. The van der Waals surface area contributed by atoms with Gasteiger partial charge in [-0.15, -0.1) is 0 Å². The number of allylic oxidation sites excluding steroid dienone is 2. The van der Waals surface area contributed by atoms with Crippen LogP contribution in [-0.4, -0.2) is 29.4 Å². The Hall–Kier alpha value is -1.03. The quantitative estimate of drug-likeness (QED) is 0.772. The molecule has 0 aliphatic heterocycles. The van der Waals surface area contributed by atoms with Gasteiger partial charge in [0.25, 0.3) is 0 Å². The predicted molar refractivity (Wildman–Crippen MR) is 75.9 cm³/mol. The van der Waals surface area contributed by atoms with Crippen molar-refractivity contribution in [2.75, 3.05) is 6.61 Å². The molecule has 1 amide bonds. The minimum Gasteiger partial charge on any atom is -0.444 e. The van der Waals surface area contributed by atoms with E-state index < -0.39 is 11.7 Å². The number of carbonyl (C=O) groups excluding carboxylic acids is 1. The maximum absolute atomic E-state index is 12.0. The van der Waals surface area contributed by atoms with Crippen LogP contribution in [0.4, 0.5) is 4.79 Å². The normalized spacial score (nSPS) is 19.5. The second kappa shape index (κ2) is 5.95. The van der Waals surface area contributed by atoms with Crippen LogP contribution in [0.5, 0.6) is 0 Å². The number of aliphatic hydroxyl groups is 1. The standard InChI is InChI=1S/C15H27NO3/c1-11(2)12(15(10-17)8-6-7-9-15)16-13(18)19-14(3,4)5/h6-7,11-12,17H,8-10H2,1-5H3,(H,16,18). The first-order valence-electron chi connectivity index (χ1n) is 6.95. The summed E-state index contributed by atoms with van der Waals surface area (Å²) < 4.78 is 5.32. The highest BCUT2D eigenvalue weighted by molar-refractivity contribution is 5.68. The van der Waals surface area contributed by atoms with E-state index in [1.807, 2.05) is 20.8 Å². The van der Waals surface area contributed by atoms with Crippen LogP contribution in [0.15, 0.2) is 12.2 Å². The lowest BCUT2D eigenvalue weighted by molar-refractivity contribution is 0.0298. The van der Waals surface area contributed by atoms with Gasteiger partial charge in [0, 0.05) is 11.5 Å². The summed E-state index contributed by atoms with van der Waals surface area (Å²) in [5, 5.41) is 12.7. The minimum atomic E-state index is -0.508. The van der Waals surface area contributed by atoms with Gasteiger partial charge in [-0.05, 0) is 39.5 Å². The highest BCUT2D eigenvalue weighted by atomic mass is 16.6. The van der Waals surface area contributed by atoms with Crippen molar-refractivity contribution in [2.45, 2.75) is 59.1 Å². The highest BCUT2D eigenvalue weighted by Crippen LogP contribution is 2.39. The van der Waals surface area contributed by atoms with E-state index in [2.05, 4.69) is 31.3 Å². The molecule has 0 heterocycles. The lowest BCUT2D eigenvalue weighted by Crippen LogP contribution is -2.52. The third-order valence-electron chi connectivity index (χ3n) is 3.53. The Balaban J connectivity index is 2.76. The molecular formula is C15H27NO3. The van der Waals surface area contributed by atoms with Crippen LogP contribution in [0.3, 0.4) is 0 Å². The molecule has 110 valence electrons. The molecule has 1 atom stereocenters. The molecule has 0 spiro atoms. The summed E-state index contributed by atoms with van der Waals surface area (Å²) >= 11 is 0. The summed E-state index contributed by atoms with van der Waals surface area (Å²) in [5.41, 5.74) is -0.795. The molecule has 4 heteroatoms. The maximum atomic E-state index is 12.0. The first-order chi connectivity index (χ1) is 8.70. The van der Waals surface area contributed by atoms with E-state index in [0.717, 1.165) is 12.8 Å². The molecule has 0 aromatic carbocycles. The van der Waals surface area contributed by atoms with Crippen LogP contribution in [-0.2, 0) is 4.74 Å². The molecular weight excluding hydrogens is 242 g/mol. The Kier molecular flexibility index (Phi) is 5.02. The number of nitrogens with one attached hydrogen (secondary N) is 1. The average molecular weight is 269 g/mol. The van der Waals surface area contributed by atoms with Gasteiger partial charge in [-0.1, -0.05) is 26.0 Å². The molecule has 1 aliphatic carbocycles. The molecule has 1 rings (SSSR count). The fourth-order valence-corrected chi connectivity index (χ4v) is 2.66. The van der Waals surface area contributed by atoms with Gasteiger partial charge in [0.2, 0.25) is 0 Å². The van der Waals surface area contributed by atoms with Crippen molar-refractivity contribution >= 4 is 6.09 Å². The highest BCUT2D eigenvalue weighted by Gasteiger charge is 2.41. The lowest BCUT2D eigenvalue weighted by Gasteiger charge is -2.39. The smallest absolute Gasteiger partial charge is 0.407 e. The monoisotopic (exact) mass is 269 g/mol. The Morgan fingerprint density at radius 2 is 1.89 bits per heavy atom. The number of ether oxygens (including phenoxy) is 1. The van der Waals surface area contributed by atoms with E-state index in [-0.39, 0.29) is 24.0 Å². The van der Waals surface area contributed by atoms with Crippen molar-refractivity contribution in [1.29, 1.82) is 0 Å². The maximum Gasteiger partial charge on any atom is 0.407 e. The summed E-state index contributed by atoms with van der Waals surface area (Å²) in [5.74, 6) is 0.236. The molecule has 4 nitrogen and oxygen atoms in total. The molecule has 1 aliphatic rings. The second-order valence-corrected chi connectivity index (χ2v) is 6.77. The van der Waals surface area contributed by atoms with E-state index >= 15 is 0 Å². The van der Waals surface area contributed by atoms with E-state index in [1.165, 1.54) is 0 Å². The van der Waals surface area contributed by atoms with E-state index in [9.17, 15) is 9.90 Å². The zero-order valence-corrected chi connectivity index (χ0v) is 12.7. The largest absolute Gasteiger partial charge is 0.444 e. The van der Waals surface area contributed by atoms with Gasteiger partial charge < -0.3 is 15.2 Å². The SMILES string of the molecule is CC(C)C(NC(=O)OC(C)(C)C)C1(CO)CC=CC1. The number of amides is 1. The van der Waals surface area contributed by atoms with Gasteiger partial charge in [-0.3, -0.25) is 0 Å². The molecule has 0 saturated carbocycles. The van der Waals surface area contributed by atoms with Crippen molar-refractivity contribution in [3.63, 3.8) is 0 Å². The second-order valence-electron chi connectivity index (χ2n) is 6.77. The number of hydrogen-bond donors (Lipinski definition) is 2. The molecule has 19 heavy (non-hydrogen) atoms. The van der Waals surface area contributed by atoms with Crippen LogP contribution in [0.25, 0.3) is 0 Å². The van der Waals surface area contributed by atoms with Crippen molar-refractivity contribution in [2.24, 2.45) is 11.3 Å². The molecule has 0 aromatic rings. The number of hydrogen-bond acceptors (Lipinski definition) is 3. The minimum absolute atomic E-state index is 0.0681. The summed E-state index contributed by atoms with van der Waals surface area (Å²) in [6.45, 7) is 9.70. The van der Waals surface area contributed by atoms with E-state index in [4.69, 9.17) is 4.74 Å². The number of alkyl carbamates (subject to hydrolysis) is 1. The molecule has 0 saturated heterocycles. The van der Waals surface area contributed by atoms with Crippen LogP contribution >= 0.6 is 0 Å². The van der Waals surface area contributed by atoms with Crippen molar-refractivity contribution in [3.8, 4) is 0 Å². The van der Waals surface area contributed by atoms with Crippen LogP contribution in [0, 0.1) is 11.3 Å². The third-order valence-corrected chi connectivity index (χ3v) is 3.53. The van der Waals surface area contributed by atoms with Gasteiger partial charge >= 0.3 is 6.09 Å². The van der Waals surface area contributed by atoms with Gasteiger partial charge in [0.05, 0.1) is 6.61 Å². The predicted octanol–water partition coefficient (Wildman–Crippen LogP) is 2.86. The van der Waals surface area contributed by atoms with Gasteiger partial charge in [0.1, 0.15) is 5.60 Å². The zero-order valence-electron chi connectivity index (χ0n) is 12.7. The van der Waals surface area contributed by atoms with E-state index in [0.29, 0.717) is 0 Å². The topological polar surface area (TPSA) is 58.6 Å². The lowest BCUT2D eigenvalue weighted by atomic mass is 9.74. The number of rotatable bonds is 4. The Labute approximate surface area is 116 Å². The van der Waals surface area contributed by atoms with Crippen LogP contribution in [0.2, 0.25) is 0 Å². The van der Waals surface area contributed by atoms with Crippen LogP contribution in [0.1, 0.15) is 47.5 Å². The molecule has 0 bridgehead atoms. The molecule has 2 N–H and O–H groups in total.